The number of ether oxygens (including phenoxy) is 4. The number of nitrogens with one attached hydrogen (secondary N) is 2. The summed E-state index contributed by atoms with van der Waals surface area (Å²) < 4.78 is 23.1. The third-order valence-electron chi connectivity index (χ3n) is 7.12. The van der Waals surface area contributed by atoms with Crippen LogP contribution in [0.2, 0.25) is 0 Å². The molecule has 1 fully saturated rings. The predicted molar refractivity (Wildman–Crippen MR) is 172 cm³/mol. The number of urea groups is 1. The van der Waals surface area contributed by atoms with Gasteiger partial charge in [-0.05, 0) is 48.0 Å². The lowest BCUT2D eigenvalue weighted by Crippen LogP contribution is -2.36. The van der Waals surface area contributed by atoms with E-state index in [1.165, 1.54) is 23.6 Å². The molecule has 3 aromatic carbocycles. The summed E-state index contributed by atoms with van der Waals surface area (Å²) in [7, 11) is 0. The fourth-order valence-corrected chi connectivity index (χ4v) is 6.58. The van der Waals surface area contributed by atoms with Gasteiger partial charge in [-0.1, -0.05) is 17.4 Å². The third-order valence-corrected chi connectivity index (χ3v) is 8.95. The van der Waals surface area contributed by atoms with Crippen LogP contribution in [0.15, 0.2) is 65.1 Å². The second-order valence-electron chi connectivity index (χ2n) is 10.2. The molecule has 0 saturated carbocycles. The summed E-state index contributed by atoms with van der Waals surface area (Å²) in [4.78, 5) is 23.8. The first-order chi connectivity index (χ1) is 22.1. The van der Waals surface area contributed by atoms with E-state index in [1.54, 1.807) is 23.5 Å². The SMILES string of the molecule is O=C(N/N=C/c1ccc(OCc2csc(Cc3ccc4c(c3)OCO4)n2)cc1O)Nc1nc2ccc(N3CCOCC3)cc2s1. The zero-order valence-corrected chi connectivity index (χ0v) is 25.5. The van der Waals surface area contributed by atoms with Crippen LogP contribution in [-0.2, 0) is 17.8 Å². The smallest absolute Gasteiger partial charge is 0.341 e. The highest BCUT2D eigenvalue weighted by Crippen LogP contribution is 2.34. The van der Waals surface area contributed by atoms with Gasteiger partial charge in [0.25, 0.3) is 0 Å². The zero-order valence-electron chi connectivity index (χ0n) is 23.9. The van der Waals surface area contributed by atoms with E-state index in [1.807, 2.05) is 35.7 Å². The number of fused-ring (bicyclic) bond motifs is 2. The lowest BCUT2D eigenvalue weighted by molar-refractivity contribution is 0.122. The maximum Gasteiger partial charge on any atom is 0.341 e. The van der Waals surface area contributed by atoms with Crippen molar-refractivity contribution in [3.05, 3.63) is 81.8 Å². The summed E-state index contributed by atoms with van der Waals surface area (Å²) in [5, 5.41) is 20.5. The summed E-state index contributed by atoms with van der Waals surface area (Å²) in [6, 6.07) is 16.3. The summed E-state index contributed by atoms with van der Waals surface area (Å²) in [6.07, 6.45) is 2.04. The molecule has 2 aromatic heterocycles. The van der Waals surface area contributed by atoms with Gasteiger partial charge >= 0.3 is 6.03 Å². The van der Waals surface area contributed by atoms with Crippen molar-refractivity contribution in [3.8, 4) is 23.0 Å². The topological polar surface area (TPSA) is 140 Å². The van der Waals surface area contributed by atoms with Crippen molar-refractivity contribution < 1.29 is 28.8 Å². The molecule has 45 heavy (non-hydrogen) atoms. The molecule has 0 aliphatic carbocycles. The summed E-state index contributed by atoms with van der Waals surface area (Å²) in [5.41, 5.74) is 6.62. The number of benzene rings is 3. The molecule has 5 aromatic rings. The summed E-state index contributed by atoms with van der Waals surface area (Å²) >= 11 is 2.94. The molecule has 0 bridgehead atoms. The van der Waals surface area contributed by atoms with Crippen LogP contribution >= 0.6 is 22.7 Å². The van der Waals surface area contributed by atoms with E-state index in [2.05, 4.69) is 36.8 Å². The van der Waals surface area contributed by atoms with Gasteiger partial charge in [0.2, 0.25) is 6.79 Å². The Hall–Kier alpha value is -4.92. The number of carbonyl (C=O) groups is 1. The number of phenols is 1. The highest BCUT2D eigenvalue weighted by Gasteiger charge is 2.15. The highest BCUT2D eigenvalue weighted by molar-refractivity contribution is 7.22. The Morgan fingerprint density at radius 3 is 2.84 bits per heavy atom. The van der Waals surface area contributed by atoms with Gasteiger partial charge in [-0.2, -0.15) is 5.10 Å². The first-order valence-corrected chi connectivity index (χ1v) is 15.9. The van der Waals surface area contributed by atoms with Gasteiger partial charge in [-0.3, -0.25) is 5.32 Å². The highest BCUT2D eigenvalue weighted by atomic mass is 32.1. The molecule has 12 nitrogen and oxygen atoms in total. The Bertz CT molecular complexity index is 1870. The molecule has 14 heteroatoms. The summed E-state index contributed by atoms with van der Waals surface area (Å²) in [6.45, 7) is 3.62. The lowest BCUT2D eigenvalue weighted by atomic mass is 10.1. The number of nitrogens with zero attached hydrogens (tertiary/aromatic N) is 4. The second-order valence-corrected chi connectivity index (χ2v) is 12.2. The monoisotopic (exact) mass is 644 g/mol. The predicted octanol–water partition coefficient (Wildman–Crippen LogP) is 5.35. The fraction of sp³-hybridized carbons (Fsp3) is 0.226. The molecule has 0 radical (unpaired) electrons. The molecular formula is C31H28N6O6S2. The molecule has 0 spiro atoms. The van der Waals surface area contributed by atoms with E-state index in [0.717, 1.165) is 56.8 Å². The number of rotatable bonds is 9. The van der Waals surface area contributed by atoms with E-state index in [4.69, 9.17) is 18.9 Å². The minimum absolute atomic E-state index is 0.0394. The number of anilines is 2. The van der Waals surface area contributed by atoms with Gasteiger partial charge in [0.1, 0.15) is 18.1 Å². The standard InChI is InChI=1S/C31H28N6O6S2/c38-25-14-23(41-16-21-17-44-29(33-21)12-19-1-6-26-27(11-19)43-18-42-26)4-2-20(25)15-32-36-30(39)35-31-34-24-5-3-22(13-28(24)45-31)37-7-9-40-10-8-37/h1-6,11,13-15,17,38H,7-10,12,16,18H2,(H2,34,35,36,39)/b32-15+. The average molecular weight is 645 g/mol. The normalized spacial score (nSPS) is 14.3. The van der Waals surface area contributed by atoms with Gasteiger partial charge in [0, 0.05) is 42.2 Å². The molecule has 4 heterocycles. The maximum atomic E-state index is 12.4. The molecular weight excluding hydrogens is 617 g/mol. The van der Waals surface area contributed by atoms with Crippen molar-refractivity contribution in [1.29, 1.82) is 0 Å². The van der Waals surface area contributed by atoms with Crippen molar-refractivity contribution in [1.82, 2.24) is 15.4 Å². The first-order valence-electron chi connectivity index (χ1n) is 14.2. The number of aromatic nitrogens is 2. The minimum atomic E-state index is -0.542. The zero-order chi connectivity index (χ0) is 30.6. The van der Waals surface area contributed by atoms with Crippen LogP contribution in [0, 0.1) is 0 Å². The maximum absolute atomic E-state index is 12.4. The molecule has 3 N–H and O–H groups in total. The van der Waals surface area contributed by atoms with Crippen molar-refractivity contribution in [2.24, 2.45) is 5.10 Å². The Balaban J connectivity index is 0.890. The first kappa shape index (κ1) is 28.8. The number of phenolic OH excluding ortho intramolecular Hbond substituents is 1. The van der Waals surface area contributed by atoms with E-state index >= 15 is 0 Å². The molecule has 2 amide bonds. The van der Waals surface area contributed by atoms with Crippen LogP contribution in [0.3, 0.4) is 0 Å². The van der Waals surface area contributed by atoms with E-state index < -0.39 is 6.03 Å². The lowest BCUT2D eigenvalue weighted by Gasteiger charge is -2.28. The second kappa shape index (κ2) is 13.0. The largest absolute Gasteiger partial charge is 0.507 e. The van der Waals surface area contributed by atoms with E-state index in [9.17, 15) is 9.90 Å². The number of aromatic hydroxyl groups is 1. The molecule has 0 unspecified atom stereocenters. The molecule has 230 valence electrons. The van der Waals surface area contributed by atoms with Crippen LogP contribution in [0.5, 0.6) is 23.0 Å². The van der Waals surface area contributed by atoms with Crippen molar-refractivity contribution in [2.75, 3.05) is 43.3 Å². The van der Waals surface area contributed by atoms with Gasteiger partial charge in [-0.25, -0.2) is 20.2 Å². The average Bonchev–Trinajstić information content (AvgIpc) is 3.80. The molecule has 0 atom stereocenters. The van der Waals surface area contributed by atoms with Crippen LogP contribution in [-0.4, -0.2) is 60.4 Å². The van der Waals surface area contributed by atoms with Crippen LogP contribution in [0.4, 0.5) is 15.6 Å². The van der Waals surface area contributed by atoms with Crippen LogP contribution < -0.4 is 29.9 Å². The number of hydrogen-bond donors (Lipinski definition) is 3. The van der Waals surface area contributed by atoms with Gasteiger partial charge < -0.3 is 29.0 Å². The Labute approximate surface area is 265 Å². The third kappa shape index (κ3) is 6.93. The quantitative estimate of drug-likeness (QED) is 0.143. The molecule has 2 aliphatic rings. The minimum Gasteiger partial charge on any atom is -0.507 e. The van der Waals surface area contributed by atoms with Crippen LogP contribution in [0.25, 0.3) is 10.2 Å². The number of hydrazone groups is 1. The summed E-state index contributed by atoms with van der Waals surface area (Å²) in [5.74, 6) is 1.95. The Morgan fingerprint density at radius 2 is 1.96 bits per heavy atom. The number of morpholine rings is 1. The van der Waals surface area contributed by atoms with Gasteiger partial charge in [-0.15, -0.1) is 11.3 Å². The van der Waals surface area contributed by atoms with Gasteiger partial charge in [0.15, 0.2) is 16.6 Å². The van der Waals surface area contributed by atoms with Crippen LogP contribution in [0.1, 0.15) is 21.8 Å². The number of hydrogen-bond acceptors (Lipinski definition) is 12. The number of thiazole rings is 2. The Kier molecular flexibility index (Phi) is 8.31. The van der Waals surface area contributed by atoms with Gasteiger partial charge in [0.05, 0.1) is 40.3 Å². The van der Waals surface area contributed by atoms with E-state index in [0.29, 0.717) is 36.1 Å². The Morgan fingerprint density at radius 1 is 1.07 bits per heavy atom. The molecule has 1 saturated heterocycles. The fourth-order valence-electron chi connectivity index (χ4n) is 4.87. The van der Waals surface area contributed by atoms with Crippen molar-refractivity contribution in [2.45, 2.75) is 13.0 Å². The van der Waals surface area contributed by atoms with Crippen molar-refractivity contribution in [3.63, 3.8) is 0 Å². The number of amides is 2. The molecule has 2 aliphatic heterocycles. The van der Waals surface area contributed by atoms with Crippen molar-refractivity contribution >= 4 is 56.0 Å². The number of carbonyl (C=O) groups excluding carboxylic acids is 1. The van der Waals surface area contributed by atoms with E-state index in [-0.39, 0.29) is 19.1 Å². The molecule has 7 rings (SSSR count).